The molecule has 0 bridgehead atoms. The fourth-order valence-corrected chi connectivity index (χ4v) is 2.13. The van der Waals surface area contributed by atoms with Gasteiger partial charge in [-0.1, -0.05) is 12.1 Å². The fraction of sp³-hybridized carbons (Fsp3) is 0.308. The number of aromatic nitrogens is 3. The second kappa shape index (κ2) is 5.20. The Morgan fingerprint density at radius 3 is 3.00 bits per heavy atom. The van der Waals surface area contributed by atoms with Crippen molar-refractivity contribution in [3.8, 4) is 0 Å². The Morgan fingerprint density at radius 2 is 2.25 bits per heavy atom. The van der Waals surface area contributed by atoms with E-state index in [0.717, 1.165) is 17.2 Å². The number of nitrogens with zero attached hydrogens (tertiary/aromatic N) is 3. The Kier molecular flexibility index (Phi) is 3.24. The molecule has 3 N–H and O–H groups in total. The number of para-hydroxylation sites is 2. The van der Waals surface area contributed by atoms with Crippen LogP contribution in [0.3, 0.4) is 0 Å². The molecule has 20 heavy (non-hydrogen) atoms. The summed E-state index contributed by atoms with van der Waals surface area (Å²) in [6, 6.07) is 7.54. The summed E-state index contributed by atoms with van der Waals surface area (Å²) < 4.78 is 1.78. The summed E-state index contributed by atoms with van der Waals surface area (Å²) >= 11 is 0. The Hall–Kier alpha value is -2.57. The zero-order valence-corrected chi connectivity index (χ0v) is 11.1. The molecule has 1 amide bonds. The summed E-state index contributed by atoms with van der Waals surface area (Å²) in [5, 5.41) is 17.0. The molecule has 1 aromatic carbocycles. The third-order valence-corrected chi connectivity index (χ3v) is 3.30. The molecule has 1 aliphatic rings. The van der Waals surface area contributed by atoms with Crippen molar-refractivity contribution in [3.05, 3.63) is 36.4 Å². The molecule has 0 aliphatic carbocycles. The maximum Gasteiger partial charge on any atom is 0.244 e. The first-order chi connectivity index (χ1) is 9.74. The van der Waals surface area contributed by atoms with Crippen molar-refractivity contribution in [2.24, 2.45) is 7.05 Å². The molecule has 2 aromatic rings. The normalized spacial score (nSPS) is 16.8. The Morgan fingerprint density at radius 1 is 1.45 bits per heavy atom. The molecule has 1 aromatic heterocycles. The molecule has 0 spiro atoms. The van der Waals surface area contributed by atoms with Crippen LogP contribution < -0.4 is 16.0 Å². The molecule has 1 atom stereocenters. The lowest BCUT2D eigenvalue weighted by Crippen LogP contribution is -2.46. The molecule has 0 radical (unpaired) electrons. The average Bonchev–Trinajstić information content (AvgIpc) is 2.89. The molecular weight excluding hydrogens is 256 g/mol. The molecule has 1 aliphatic heterocycles. The molecule has 2 heterocycles. The second-order valence-electron chi connectivity index (χ2n) is 4.70. The summed E-state index contributed by atoms with van der Waals surface area (Å²) in [5.41, 5.74) is 1.96. The van der Waals surface area contributed by atoms with Crippen LogP contribution in [0.15, 0.2) is 30.6 Å². The van der Waals surface area contributed by atoms with Gasteiger partial charge in [-0.2, -0.15) is 0 Å². The van der Waals surface area contributed by atoms with Crippen LogP contribution in [0.25, 0.3) is 0 Å². The van der Waals surface area contributed by atoms with Gasteiger partial charge in [0.05, 0.1) is 17.9 Å². The van der Waals surface area contributed by atoms with Crippen molar-refractivity contribution in [1.82, 2.24) is 20.1 Å². The smallest absolute Gasteiger partial charge is 0.244 e. The largest absolute Gasteiger partial charge is 0.381 e. The van der Waals surface area contributed by atoms with Crippen molar-refractivity contribution in [3.63, 3.8) is 0 Å². The predicted molar refractivity (Wildman–Crippen MR) is 75.2 cm³/mol. The summed E-state index contributed by atoms with van der Waals surface area (Å²) in [4.78, 5) is 12.1. The first-order valence-corrected chi connectivity index (χ1v) is 6.44. The van der Waals surface area contributed by atoms with Gasteiger partial charge in [0.2, 0.25) is 5.91 Å². The molecule has 3 rings (SSSR count). The minimum absolute atomic E-state index is 0.0602. The molecule has 7 nitrogen and oxygen atoms in total. The minimum Gasteiger partial charge on any atom is -0.381 e. The number of carbonyl (C=O) groups excluding carboxylic acids is 1. The Balaban J connectivity index is 1.60. The van der Waals surface area contributed by atoms with E-state index < -0.39 is 0 Å². The van der Waals surface area contributed by atoms with Crippen LogP contribution in [0, 0.1) is 0 Å². The van der Waals surface area contributed by atoms with Crippen LogP contribution >= 0.6 is 0 Å². The van der Waals surface area contributed by atoms with Crippen molar-refractivity contribution < 1.29 is 4.79 Å². The van der Waals surface area contributed by atoms with Gasteiger partial charge in [0.1, 0.15) is 12.4 Å². The number of amides is 1. The highest BCUT2D eigenvalue weighted by Crippen LogP contribution is 2.25. The van der Waals surface area contributed by atoms with Gasteiger partial charge in [0.15, 0.2) is 5.82 Å². The van der Waals surface area contributed by atoms with Crippen LogP contribution in [0.5, 0.6) is 0 Å². The number of hydrogen-bond acceptors (Lipinski definition) is 5. The number of hydrogen-bond donors (Lipinski definition) is 3. The molecule has 1 unspecified atom stereocenters. The zero-order chi connectivity index (χ0) is 13.9. The maximum atomic E-state index is 12.1. The van der Waals surface area contributed by atoms with Gasteiger partial charge in [-0.25, -0.2) is 0 Å². The predicted octanol–water partition coefficient (Wildman–Crippen LogP) is 0.338. The highest BCUT2D eigenvalue weighted by Gasteiger charge is 2.23. The maximum absolute atomic E-state index is 12.1. The van der Waals surface area contributed by atoms with Gasteiger partial charge < -0.3 is 20.5 Å². The van der Waals surface area contributed by atoms with E-state index in [1.165, 1.54) is 0 Å². The monoisotopic (exact) mass is 272 g/mol. The van der Waals surface area contributed by atoms with Crippen molar-refractivity contribution in [2.45, 2.75) is 12.6 Å². The number of nitrogens with one attached hydrogen (secondary N) is 3. The molecule has 0 saturated heterocycles. The number of benzene rings is 1. The molecular formula is C13H16N6O. The summed E-state index contributed by atoms with van der Waals surface area (Å²) in [6.07, 6.45) is 1.61. The summed E-state index contributed by atoms with van der Waals surface area (Å²) in [6.45, 7) is 0.927. The summed E-state index contributed by atoms with van der Waals surface area (Å²) in [5.74, 6) is 0.664. The second-order valence-corrected chi connectivity index (χ2v) is 4.70. The number of anilines is 2. The van der Waals surface area contributed by atoms with Gasteiger partial charge in [-0.05, 0) is 12.1 Å². The van der Waals surface area contributed by atoms with Gasteiger partial charge in [0, 0.05) is 13.6 Å². The SMILES string of the molecule is Cn1cnnc1CNC(=O)C1CNc2ccccc2N1. The first kappa shape index (κ1) is 12.5. The van der Waals surface area contributed by atoms with E-state index in [9.17, 15) is 4.79 Å². The lowest BCUT2D eigenvalue weighted by molar-refractivity contribution is -0.121. The molecule has 7 heteroatoms. The fourth-order valence-electron chi connectivity index (χ4n) is 2.13. The van der Waals surface area contributed by atoms with Crippen LogP contribution in [0.2, 0.25) is 0 Å². The number of fused-ring (bicyclic) bond motifs is 1. The van der Waals surface area contributed by atoms with E-state index in [-0.39, 0.29) is 11.9 Å². The van der Waals surface area contributed by atoms with E-state index >= 15 is 0 Å². The van der Waals surface area contributed by atoms with Crippen LogP contribution in [0.1, 0.15) is 5.82 Å². The van der Waals surface area contributed by atoms with Crippen LogP contribution in [-0.2, 0) is 18.4 Å². The highest BCUT2D eigenvalue weighted by molar-refractivity contribution is 5.88. The van der Waals surface area contributed by atoms with E-state index in [1.54, 1.807) is 10.9 Å². The number of aryl methyl sites for hydroxylation is 1. The zero-order valence-electron chi connectivity index (χ0n) is 11.1. The first-order valence-electron chi connectivity index (χ1n) is 6.44. The minimum atomic E-state index is -0.293. The molecule has 104 valence electrons. The quantitative estimate of drug-likeness (QED) is 0.750. The van der Waals surface area contributed by atoms with Crippen LogP contribution in [-0.4, -0.2) is 33.3 Å². The summed E-state index contributed by atoms with van der Waals surface area (Å²) in [7, 11) is 1.85. The van der Waals surface area contributed by atoms with E-state index in [0.29, 0.717) is 13.1 Å². The Labute approximate surface area is 116 Å². The van der Waals surface area contributed by atoms with Crippen molar-refractivity contribution >= 4 is 17.3 Å². The van der Waals surface area contributed by atoms with E-state index in [2.05, 4.69) is 26.1 Å². The lowest BCUT2D eigenvalue weighted by atomic mass is 10.1. The van der Waals surface area contributed by atoms with Gasteiger partial charge in [-0.15, -0.1) is 10.2 Å². The highest BCUT2D eigenvalue weighted by atomic mass is 16.2. The Bertz CT molecular complexity index is 623. The molecule has 0 fully saturated rings. The van der Waals surface area contributed by atoms with Crippen molar-refractivity contribution in [2.75, 3.05) is 17.2 Å². The van der Waals surface area contributed by atoms with E-state index in [1.807, 2.05) is 31.3 Å². The standard InChI is InChI=1S/C13H16N6O/c1-19-8-16-18-12(19)7-15-13(20)11-6-14-9-4-2-3-5-10(9)17-11/h2-5,8,11,14,17H,6-7H2,1H3,(H,15,20). The number of carbonyl (C=O) groups is 1. The third-order valence-electron chi connectivity index (χ3n) is 3.30. The average molecular weight is 272 g/mol. The topological polar surface area (TPSA) is 83.9 Å². The van der Waals surface area contributed by atoms with Gasteiger partial charge in [-0.3, -0.25) is 4.79 Å². The lowest BCUT2D eigenvalue weighted by Gasteiger charge is -2.27. The van der Waals surface area contributed by atoms with Gasteiger partial charge in [0.25, 0.3) is 0 Å². The van der Waals surface area contributed by atoms with E-state index in [4.69, 9.17) is 0 Å². The van der Waals surface area contributed by atoms with Crippen LogP contribution in [0.4, 0.5) is 11.4 Å². The van der Waals surface area contributed by atoms with Gasteiger partial charge >= 0.3 is 0 Å². The third kappa shape index (κ3) is 2.42. The van der Waals surface area contributed by atoms with Crippen molar-refractivity contribution in [1.29, 1.82) is 0 Å². The molecule has 0 saturated carbocycles. The number of rotatable bonds is 3.